The molecule has 680 valence electrons. The van der Waals surface area contributed by atoms with Gasteiger partial charge in [-0.05, 0) is 261 Å². The summed E-state index contributed by atoms with van der Waals surface area (Å²) in [7, 11) is 0. The SMILES string of the molecule is CC(C)(C)OC(=O)NCCCC[C@@](N)(C(=O)Cc1c[nH]c2ccc(OCc3ccccc3)cc12)C(=O)Nc1ccc(C(c2ccc(NC(=O)[C@@](N)(CCCCNC(=O)OC(C)(C)C)C(=O)Cc3c[nH]c4ccc(OCc5ccccc5)cc34)cc2)c2ccc(NC(=O)[C@@](N)(CCCCNC(=O)OC(C)(C)C)C(=O)Cc3c[nH]c4ccc(OCc5ccccc5)cc34)cc2)cc1. The van der Waals surface area contributed by atoms with Crippen LogP contribution < -0.4 is 63.3 Å². The number of hydrogen-bond acceptors (Lipinski definition) is 18. The van der Waals surface area contributed by atoms with Gasteiger partial charge in [-0.15, -0.1) is 0 Å². The fourth-order valence-electron chi connectivity index (χ4n) is 15.2. The molecule has 6 amide bonds. The van der Waals surface area contributed by atoms with E-state index in [1.54, 1.807) is 117 Å². The number of unbranched alkanes of at least 4 members (excludes halogenated alkanes) is 3. The molecule has 0 spiro atoms. The molecular formula is C103H118N12O15. The van der Waals surface area contributed by atoms with Crippen LogP contribution in [-0.4, -0.2) is 121 Å². The van der Waals surface area contributed by atoms with Crippen molar-refractivity contribution in [1.29, 1.82) is 0 Å². The van der Waals surface area contributed by atoms with E-state index in [9.17, 15) is 14.4 Å². The number of nitrogens with one attached hydrogen (secondary N) is 9. The van der Waals surface area contributed by atoms with Gasteiger partial charge in [0, 0.05) is 113 Å². The summed E-state index contributed by atoms with van der Waals surface area (Å²) < 4.78 is 34.9. The van der Waals surface area contributed by atoms with E-state index < -0.39 is 92.7 Å². The molecule has 9 aromatic carbocycles. The predicted molar refractivity (Wildman–Crippen MR) is 505 cm³/mol. The van der Waals surface area contributed by atoms with Crippen molar-refractivity contribution in [2.75, 3.05) is 35.6 Å². The van der Waals surface area contributed by atoms with Crippen LogP contribution in [0.25, 0.3) is 32.7 Å². The first kappa shape index (κ1) is 95.2. The van der Waals surface area contributed by atoms with Gasteiger partial charge in [0.1, 0.15) is 53.9 Å². The number of rotatable bonds is 42. The number of aromatic amines is 3. The number of Topliss-reactive ketones (excluding diaryl/α,β-unsaturated/α-hetero) is 3. The maximum absolute atomic E-state index is 15.1. The molecule has 0 bridgehead atoms. The standard InChI is InChI=1S/C103H118N12O15/c1-98(2,3)128-95(122)107-52-22-19-49-101(104,88(116)55-73-61-110-85-46-43-79(58-82(73)85)125-64-67-25-13-10-14-26-67)92(119)113-76-37-31-70(32-38-76)91(71-33-39-77(40-34-71)114-93(120)102(105,50-20-23-53-108-96(123)129-99(4,5)6)89(117)56-74-62-111-86-47-44-80(59-83(74)86)126-65-68-27-15-11-16-28-68)72-35-41-78(42-36-72)115-94(121)103(106,51-21-24-54-109-97(124)130-100(7,8)9)90(118)57-75-63-112-87-48-45-81(60-84(75)87)127-66-69-29-17-12-18-30-69/h10-18,25-48,58-63,91,110-112H,19-24,49-57,64-66,104-106H2,1-9H3,(H,107,122)(H,108,123)(H,109,124)(H,113,119)(H,114,120)(H,115,121)/t101-,102-,103-/m1/s1. The van der Waals surface area contributed by atoms with Gasteiger partial charge in [-0.25, -0.2) is 14.4 Å². The molecule has 27 nitrogen and oxygen atoms in total. The van der Waals surface area contributed by atoms with Crippen LogP contribution >= 0.6 is 0 Å². The highest BCUT2D eigenvalue weighted by Gasteiger charge is 2.45. The van der Waals surface area contributed by atoms with E-state index in [0.717, 1.165) is 33.2 Å². The van der Waals surface area contributed by atoms with Crippen molar-refractivity contribution in [2.24, 2.45) is 17.2 Å². The molecule has 0 aliphatic carbocycles. The summed E-state index contributed by atoms with van der Waals surface area (Å²) in [4.78, 5) is 138. The highest BCUT2D eigenvalue weighted by atomic mass is 16.6. The Kier molecular flexibility index (Phi) is 31.4. The molecule has 0 aliphatic rings. The predicted octanol–water partition coefficient (Wildman–Crippen LogP) is 17.5. The number of anilines is 3. The number of ether oxygens (including phenoxy) is 6. The summed E-state index contributed by atoms with van der Waals surface area (Å²) in [5.41, 5.74) is 22.9. The van der Waals surface area contributed by atoms with Crippen molar-refractivity contribution < 1.29 is 71.6 Å². The number of alkyl carbamates (subject to hydrolysis) is 3. The molecule has 0 unspecified atom stereocenters. The fourth-order valence-corrected chi connectivity index (χ4v) is 15.2. The number of carbonyl (C=O) groups is 9. The second-order valence-electron chi connectivity index (χ2n) is 35.9. The summed E-state index contributed by atoms with van der Waals surface area (Å²) in [6, 6.07) is 66.8. The van der Waals surface area contributed by atoms with Gasteiger partial charge < -0.3 is 92.5 Å². The molecule has 15 N–H and O–H groups in total. The lowest BCUT2D eigenvalue weighted by Gasteiger charge is -2.28. The van der Waals surface area contributed by atoms with E-state index in [2.05, 4.69) is 46.9 Å². The Morgan fingerprint density at radius 2 is 0.577 bits per heavy atom. The Hall–Kier alpha value is -13.9. The molecule has 0 saturated carbocycles. The van der Waals surface area contributed by atoms with Gasteiger partial charge in [0.05, 0.1) is 0 Å². The van der Waals surface area contributed by atoms with E-state index in [0.29, 0.717) is 123 Å². The third-order valence-electron chi connectivity index (χ3n) is 22.2. The number of hydrogen-bond donors (Lipinski definition) is 12. The Labute approximate surface area is 757 Å². The third kappa shape index (κ3) is 26.4. The Bertz CT molecular complexity index is 5350. The van der Waals surface area contributed by atoms with Crippen molar-refractivity contribution in [3.63, 3.8) is 0 Å². The number of H-pyrrole nitrogens is 3. The van der Waals surface area contributed by atoms with Gasteiger partial charge >= 0.3 is 18.3 Å². The normalized spacial score (nSPS) is 13.1. The Balaban J connectivity index is 0.831. The number of nitrogens with two attached hydrogens (primary N) is 3. The lowest BCUT2D eigenvalue weighted by atomic mass is 9.83. The number of benzene rings is 9. The van der Waals surface area contributed by atoms with Crippen molar-refractivity contribution in [3.05, 3.63) is 287 Å². The molecule has 0 saturated heterocycles. The van der Waals surface area contributed by atoms with E-state index in [1.165, 1.54) is 0 Å². The molecular weight excluding hydrogens is 1650 g/mol. The van der Waals surface area contributed by atoms with Crippen LogP contribution in [0, 0.1) is 0 Å². The first-order valence-corrected chi connectivity index (χ1v) is 44.0. The molecule has 3 atom stereocenters. The summed E-state index contributed by atoms with van der Waals surface area (Å²) in [6.45, 7) is 17.3. The van der Waals surface area contributed by atoms with Crippen molar-refractivity contribution >= 4 is 103 Å². The minimum absolute atomic E-state index is 0.0972. The van der Waals surface area contributed by atoms with E-state index in [4.69, 9.17) is 45.6 Å². The Morgan fingerprint density at radius 3 is 0.823 bits per heavy atom. The van der Waals surface area contributed by atoms with Crippen LogP contribution in [0.5, 0.6) is 17.2 Å². The van der Waals surface area contributed by atoms with Gasteiger partial charge in [-0.1, -0.05) is 127 Å². The molecule has 130 heavy (non-hydrogen) atoms. The maximum Gasteiger partial charge on any atom is 0.407 e. The summed E-state index contributed by atoms with van der Waals surface area (Å²) in [5.74, 6) is -2.91. The third-order valence-corrected chi connectivity index (χ3v) is 22.2. The van der Waals surface area contributed by atoms with Crippen LogP contribution in [0.4, 0.5) is 31.4 Å². The number of aromatic nitrogens is 3. The minimum atomic E-state index is -2.09. The molecule has 3 aromatic heterocycles. The zero-order chi connectivity index (χ0) is 92.8. The van der Waals surface area contributed by atoms with Gasteiger partial charge in [-0.2, -0.15) is 0 Å². The average Bonchev–Trinajstić information content (AvgIpc) is 1.68. The molecule has 12 rings (SSSR count). The lowest BCUT2D eigenvalue weighted by molar-refractivity contribution is -0.134. The molecule has 0 fully saturated rings. The second-order valence-corrected chi connectivity index (χ2v) is 35.9. The van der Waals surface area contributed by atoms with Crippen LogP contribution in [0.1, 0.15) is 176 Å². The van der Waals surface area contributed by atoms with Crippen molar-refractivity contribution in [3.8, 4) is 17.2 Å². The monoisotopic (exact) mass is 1760 g/mol. The maximum atomic E-state index is 15.1. The van der Waals surface area contributed by atoms with Gasteiger partial charge in [-0.3, -0.25) is 28.8 Å². The molecule has 12 aromatic rings. The number of amides is 6. The number of ketones is 3. The first-order valence-electron chi connectivity index (χ1n) is 44.0. The number of fused-ring (bicyclic) bond motifs is 3. The van der Waals surface area contributed by atoms with Crippen LogP contribution in [0.15, 0.2) is 237 Å². The first-order chi connectivity index (χ1) is 62.0. The van der Waals surface area contributed by atoms with Gasteiger partial charge in [0.15, 0.2) is 34.0 Å². The molecule has 0 aliphatic heterocycles. The molecule has 0 radical (unpaired) electrons. The number of carbonyl (C=O) groups excluding carboxylic acids is 9. The van der Waals surface area contributed by atoms with Crippen molar-refractivity contribution in [2.45, 2.75) is 199 Å². The molecule has 3 heterocycles. The second kappa shape index (κ2) is 42.8. The zero-order valence-corrected chi connectivity index (χ0v) is 75.2. The van der Waals surface area contributed by atoms with E-state index in [1.807, 2.05) is 182 Å². The largest absolute Gasteiger partial charge is 0.489 e. The smallest absolute Gasteiger partial charge is 0.407 e. The van der Waals surface area contributed by atoms with E-state index >= 15 is 28.8 Å². The quantitative estimate of drug-likeness (QED) is 0.00732. The average molecular weight is 1760 g/mol. The Morgan fingerprint density at radius 1 is 0.323 bits per heavy atom. The zero-order valence-electron chi connectivity index (χ0n) is 75.2. The minimum Gasteiger partial charge on any atom is -0.489 e. The fraction of sp³-hybridized carbons (Fsp3) is 0.330. The van der Waals surface area contributed by atoms with Crippen LogP contribution in [-0.2, 0) is 82.1 Å². The lowest BCUT2D eigenvalue weighted by Crippen LogP contribution is -2.58. The molecule has 27 heteroatoms. The van der Waals surface area contributed by atoms with Crippen molar-refractivity contribution in [1.82, 2.24) is 30.9 Å². The summed E-state index contributed by atoms with van der Waals surface area (Å²) in [6.07, 6.45) is 4.16. The van der Waals surface area contributed by atoms with Crippen LogP contribution in [0.3, 0.4) is 0 Å². The summed E-state index contributed by atoms with van der Waals surface area (Å²) >= 11 is 0. The summed E-state index contributed by atoms with van der Waals surface area (Å²) in [5, 5.41) is 19.3. The highest BCUT2D eigenvalue weighted by molar-refractivity contribution is 6.18. The topological polar surface area (TPSA) is 407 Å². The van der Waals surface area contributed by atoms with Crippen LogP contribution in [0.2, 0.25) is 0 Å². The van der Waals surface area contributed by atoms with E-state index in [-0.39, 0.29) is 77.4 Å². The highest BCUT2D eigenvalue weighted by Crippen LogP contribution is 2.37. The van der Waals surface area contributed by atoms with Gasteiger partial charge in [0.25, 0.3) is 17.7 Å². The van der Waals surface area contributed by atoms with Gasteiger partial charge in [0.2, 0.25) is 0 Å².